The maximum Gasteiger partial charge on any atom is 0.0844 e. The van der Waals surface area contributed by atoms with Crippen molar-refractivity contribution in [3.63, 3.8) is 0 Å². The van der Waals surface area contributed by atoms with Crippen molar-refractivity contribution in [1.82, 2.24) is 0 Å². The second-order valence-electron chi connectivity index (χ2n) is 5.65. The molecule has 0 fully saturated rings. The summed E-state index contributed by atoms with van der Waals surface area (Å²) in [6.45, 7) is 9.29. The molecule has 1 aliphatic carbocycles. The van der Waals surface area contributed by atoms with Crippen molar-refractivity contribution < 1.29 is 0 Å². The van der Waals surface area contributed by atoms with Crippen molar-refractivity contribution in [1.29, 1.82) is 0 Å². The van der Waals surface area contributed by atoms with Gasteiger partial charge in [0.05, 0.1) is 8.07 Å². The smallest absolute Gasteiger partial charge is 0.0844 e. The summed E-state index contributed by atoms with van der Waals surface area (Å²) in [6.07, 6.45) is 6.24. The van der Waals surface area contributed by atoms with E-state index >= 15 is 0 Å². The van der Waals surface area contributed by atoms with Crippen molar-refractivity contribution in [3.05, 3.63) is 59.3 Å². The van der Waals surface area contributed by atoms with Crippen LogP contribution in [0.4, 0.5) is 0 Å². The fraction of sp³-hybridized carbons (Fsp3) is 0.375. The second kappa shape index (κ2) is 5.05. The summed E-state index contributed by atoms with van der Waals surface area (Å²) in [7, 11) is -1.38. The molecule has 0 atom stereocenters. The number of benzene rings is 1. The Morgan fingerprint density at radius 3 is 2.53 bits per heavy atom. The Labute approximate surface area is 106 Å². The van der Waals surface area contributed by atoms with E-state index in [1.54, 1.807) is 5.57 Å². The Bertz CT molecular complexity index is 426. The minimum Gasteiger partial charge on any atom is -0.0995 e. The summed E-state index contributed by atoms with van der Waals surface area (Å²) < 4.78 is 0. The van der Waals surface area contributed by atoms with E-state index in [4.69, 9.17) is 0 Å². The van der Waals surface area contributed by atoms with Crippen LogP contribution in [-0.2, 0) is 6.04 Å². The normalized spacial score (nSPS) is 15.8. The molecule has 1 aromatic rings. The Balaban J connectivity index is 2.10. The zero-order chi connectivity index (χ0) is 12.3. The van der Waals surface area contributed by atoms with Crippen LogP contribution in [0.2, 0.25) is 13.1 Å². The topological polar surface area (TPSA) is 0 Å². The van der Waals surface area contributed by atoms with E-state index in [1.165, 1.54) is 36.1 Å². The van der Waals surface area contributed by atoms with E-state index in [1.807, 2.05) is 0 Å². The minimum atomic E-state index is -1.38. The predicted octanol–water partition coefficient (Wildman–Crippen LogP) is 4.68. The lowest BCUT2D eigenvalue weighted by Crippen LogP contribution is -2.32. The average Bonchev–Trinajstić information content (AvgIpc) is 2.82. The van der Waals surface area contributed by atoms with Crippen LogP contribution in [0, 0.1) is 0 Å². The van der Waals surface area contributed by atoms with E-state index in [2.05, 4.69) is 56.1 Å². The van der Waals surface area contributed by atoms with Crippen molar-refractivity contribution >= 4 is 8.07 Å². The quantitative estimate of drug-likeness (QED) is 0.672. The third-order valence-corrected chi connectivity index (χ3v) is 6.98. The van der Waals surface area contributed by atoms with Gasteiger partial charge in [-0.1, -0.05) is 72.4 Å². The molecule has 0 heterocycles. The van der Waals surface area contributed by atoms with E-state index in [9.17, 15) is 0 Å². The first-order valence-electron chi connectivity index (χ1n) is 6.52. The standard InChI is InChI=1S/C16H22Si/c1-14(16-11-7-8-12-16)17(2,3)13-15-9-5-4-6-10-15/h4-6,9-11H,1,7-8,12-13H2,2-3H3. The average molecular weight is 242 g/mol. The molecule has 0 N–H and O–H groups in total. The molecule has 0 nitrogen and oxygen atoms in total. The molecular formula is C16H22Si. The highest BCUT2D eigenvalue weighted by Crippen LogP contribution is 2.31. The lowest BCUT2D eigenvalue weighted by Gasteiger charge is -2.26. The maximum absolute atomic E-state index is 4.40. The molecule has 0 saturated heterocycles. The number of allylic oxidation sites excluding steroid dienone is 3. The lowest BCUT2D eigenvalue weighted by molar-refractivity contribution is 0.913. The zero-order valence-electron chi connectivity index (χ0n) is 11.0. The molecule has 0 aliphatic heterocycles. The van der Waals surface area contributed by atoms with Gasteiger partial charge in [-0.3, -0.25) is 0 Å². The van der Waals surface area contributed by atoms with Gasteiger partial charge < -0.3 is 0 Å². The van der Waals surface area contributed by atoms with Crippen LogP contribution < -0.4 is 0 Å². The molecule has 0 amide bonds. The van der Waals surface area contributed by atoms with Crippen LogP contribution in [0.25, 0.3) is 0 Å². The van der Waals surface area contributed by atoms with Crippen LogP contribution in [0.15, 0.2) is 53.8 Å². The Morgan fingerprint density at radius 2 is 1.94 bits per heavy atom. The summed E-state index contributed by atoms with van der Waals surface area (Å²) in [4.78, 5) is 0. The number of hydrogen-bond acceptors (Lipinski definition) is 0. The van der Waals surface area contributed by atoms with E-state index in [-0.39, 0.29) is 0 Å². The van der Waals surface area contributed by atoms with Crippen LogP contribution in [0.5, 0.6) is 0 Å². The van der Waals surface area contributed by atoms with Gasteiger partial charge in [-0.15, -0.1) is 0 Å². The molecule has 1 aliphatic rings. The third-order valence-electron chi connectivity index (χ3n) is 3.73. The van der Waals surface area contributed by atoms with Crippen LogP contribution >= 0.6 is 0 Å². The fourth-order valence-electron chi connectivity index (χ4n) is 2.59. The summed E-state index contributed by atoms with van der Waals surface area (Å²) in [5, 5.41) is 1.47. The van der Waals surface area contributed by atoms with Gasteiger partial charge in [0.2, 0.25) is 0 Å². The molecule has 2 rings (SSSR count). The first-order chi connectivity index (χ1) is 8.09. The van der Waals surface area contributed by atoms with Crippen LogP contribution in [0.3, 0.4) is 0 Å². The number of rotatable bonds is 4. The van der Waals surface area contributed by atoms with Crippen molar-refractivity contribution in [2.75, 3.05) is 0 Å². The van der Waals surface area contributed by atoms with E-state index in [0.29, 0.717) is 0 Å². The Kier molecular flexibility index (Phi) is 3.68. The molecule has 0 spiro atoms. The van der Waals surface area contributed by atoms with Gasteiger partial charge in [-0.25, -0.2) is 0 Å². The Morgan fingerprint density at radius 1 is 1.24 bits per heavy atom. The van der Waals surface area contributed by atoms with Crippen molar-refractivity contribution in [3.8, 4) is 0 Å². The molecule has 0 unspecified atom stereocenters. The highest BCUT2D eigenvalue weighted by atomic mass is 28.3. The fourth-order valence-corrected chi connectivity index (χ4v) is 5.16. The van der Waals surface area contributed by atoms with Crippen molar-refractivity contribution in [2.45, 2.75) is 38.4 Å². The molecular weight excluding hydrogens is 220 g/mol. The summed E-state index contributed by atoms with van der Waals surface area (Å²) in [6, 6.07) is 12.1. The van der Waals surface area contributed by atoms with Gasteiger partial charge >= 0.3 is 0 Å². The molecule has 1 heteroatoms. The molecule has 0 radical (unpaired) electrons. The highest BCUT2D eigenvalue weighted by Gasteiger charge is 2.27. The molecule has 1 aromatic carbocycles. The largest absolute Gasteiger partial charge is 0.0995 e. The summed E-state index contributed by atoms with van der Waals surface area (Å²) >= 11 is 0. The van der Waals surface area contributed by atoms with Crippen LogP contribution in [-0.4, -0.2) is 8.07 Å². The highest BCUT2D eigenvalue weighted by molar-refractivity contribution is 6.84. The summed E-state index contributed by atoms with van der Waals surface area (Å²) in [5.41, 5.74) is 3.02. The van der Waals surface area contributed by atoms with E-state index in [0.717, 1.165) is 0 Å². The molecule has 17 heavy (non-hydrogen) atoms. The van der Waals surface area contributed by atoms with Gasteiger partial charge in [0.1, 0.15) is 0 Å². The summed E-state index contributed by atoms with van der Waals surface area (Å²) in [5.74, 6) is 0. The van der Waals surface area contributed by atoms with Gasteiger partial charge in [0, 0.05) is 0 Å². The third kappa shape index (κ3) is 2.98. The molecule has 90 valence electrons. The second-order valence-corrected chi connectivity index (χ2v) is 10.4. The molecule has 0 bridgehead atoms. The monoisotopic (exact) mass is 242 g/mol. The first-order valence-corrected chi connectivity index (χ1v) is 9.73. The number of hydrogen-bond donors (Lipinski definition) is 0. The molecule has 0 saturated carbocycles. The lowest BCUT2D eigenvalue weighted by atomic mass is 10.2. The van der Waals surface area contributed by atoms with Gasteiger partial charge in [0.15, 0.2) is 0 Å². The van der Waals surface area contributed by atoms with Gasteiger partial charge in [-0.05, 0) is 25.3 Å². The maximum atomic E-state index is 4.40. The molecule has 0 aromatic heterocycles. The Hall–Kier alpha value is -1.08. The van der Waals surface area contributed by atoms with Crippen molar-refractivity contribution in [2.24, 2.45) is 0 Å². The first kappa shape index (κ1) is 12.4. The predicted molar refractivity (Wildman–Crippen MR) is 78.7 cm³/mol. The van der Waals surface area contributed by atoms with E-state index < -0.39 is 8.07 Å². The van der Waals surface area contributed by atoms with Crippen LogP contribution in [0.1, 0.15) is 24.8 Å². The van der Waals surface area contributed by atoms with Gasteiger partial charge in [0.25, 0.3) is 0 Å². The minimum absolute atomic E-state index is 1.21. The SMILES string of the molecule is C=C(C1=CCCC1)[Si](C)(C)Cc1ccccc1. The zero-order valence-corrected chi connectivity index (χ0v) is 12.0. The van der Waals surface area contributed by atoms with Gasteiger partial charge in [-0.2, -0.15) is 0 Å².